The molecule has 2 rings (SSSR count). The molecule has 0 saturated carbocycles. The van der Waals surface area contributed by atoms with Crippen molar-refractivity contribution in [3.63, 3.8) is 0 Å². The van der Waals surface area contributed by atoms with Crippen molar-refractivity contribution in [1.29, 1.82) is 0 Å². The van der Waals surface area contributed by atoms with Crippen LogP contribution in [0.5, 0.6) is 5.75 Å². The van der Waals surface area contributed by atoms with Crippen LogP contribution in [0.15, 0.2) is 47.4 Å². The Morgan fingerprint density at radius 3 is 2.05 bits per heavy atom. The van der Waals surface area contributed by atoms with Crippen LogP contribution in [0.3, 0.4) is 0 Å². The number of sulfone groups is 1. The van der Waals surface area contributed by atoms with Gasteiger partial charge in [-0.2, -0.15) is 0 Å². The maximum Gasteiger partial charge on any atom is 0.339 e. The number of aliphatic hydroxyl groups excluding tert-OH is 1. The maximum absolute atomic E-state index is 11.7. The van der Waals surface area contributed by atoms with Gasteiger partial charge in [0.05, 0.1) is 23.0 Å². The van der Waals surface area contributed by atoms with E-state index in [9.17, 15) is 32.7 Å². The molecular weight excluding hydrogens is 571 g/mol. The number of aromatic carboxylic acids is 2. The lowest BCUT2D eigenvalue weighted by atomic mass is 10.0. The zero-order chi connectivity index (χ0) is 29.2. The first-order valence-electron chi connectivity index (χ1n) is 10.3. The molecule has 1 amide bonds. The summed E-state index contributed by atoms with van der Waals surface area (Å²) in [6, 6.07) is 7.38. The van der Waals surface area contributed by atoms with E-state index in [1.165, 1.54) is 24.3 Å². The summed E-state index contributed by atoms with van der Waals surface area (Å²) >= 11 is 10.9. The summed E-state index contributed by atoms with van der Waals surface area (Å²) in [6.45, 7) is -0.745. The molecule has 0 unspecified atom stereocenters. The number of alkyl halides is 2. The highest BCUT2D eigenvalue weighted by atomic mass is 35.5. The third-order valence-electron chi connectivity index (χ3n) is 4.62. The Kier molecular flexibility index (Phi) is 12.4. The second-order valence-electron chi connectivity index (χ2n) is 7.43. The molecule has 0 aliphatic rings. The molecule has 0 bridgehead atoms. The van der Waals surface area contributed by atoms with Crippen molar-refractivity contribution >= 4 is 56.9 Å². The predicted molar refractivity (Wildman–Crippen MR) is 134 cm³/mol. The first-order chi connectivity index (χ1) is 17.6. The van der Waals surface area contributed by atoms with Crippen molar-refractivity contribution < 1.29 is 52.8 Å². The van der Waals surface area contributed by atoms with Gasteiger partial charge >= 0.3 is 17.9 Å². The van der Waals surface area contributed by atoms with E-state index in [0.29, 0.717) is 5.56 Å². The Labute approximate surface area is 226 Å². The van der Waals surface area contributed by atoms with Crippen LogP contribution in [0, 0.1) is 0 Å². The summed E-state index contributed by atoms with van der Waals surface area (Å²) in [7, 11) is -3.39. The number of nitrogens with one attached hydrogen (secondary N) is 1. The van der Waals surface area contributed by atoms with Gasteiger partial charge in [-0.25, -0.2) is 18.0 Å². The number of hydrogen-bond acceptors (Lipinski definition) is 10. The van der Waals surface area contributed by atoms with Gasteiger partial charge in [-0.1, -0.05) is 35.3 Å². The first kappa shape index (κ1) is 32.6. The Morgan fingerprint density at radius 1 is 1.03 bits per heavy atom. The van der Waals surface area contributed by atoms with Crippen LogP contribution in [0.1, 0.15) is 32.4 Å². The average molecular weight is 595 g/mol. The van der Waals surface area contributed by atoms with E-state index in [1.807, 2.05) is 0 Å². The molecule has 0 radical (unpaired) electrons. The van der Waals surface area contributed by atoms with Gasteiger partial charge in [0.25, 0.3) is 5.91 Å². The topological polar surface area (TPSA) is 231 Å². The number of benzene rings is 2. The van der Waals surface area contributed by atoms with Crippen molar-refractivity contribution in [2.75, 3.05) is 19.4 Å². The SMILES string of the molecule is CS(=O)(=O)c1ccc([C@@H](O)[C@@H](COC(=O)CN)NC(=O)C(Cl)Cl)cc1.O=C(O)c1ccc(O)c(C(=O)O)c1. The maximum atomic E-state index is 11.7. The van der Waals surface area contributed by atoms with E-state index in [0.717, 1.165) is 24.5 Å². The van der Waals surface area contributed by atoms with E-state index in [4.69, 9.17) is 49.0 Å². The van der Waals surface area contributed by atoms with Gasteiger partial charge in [0.1, 0.15) is 24.0 Å². The summed E-state index contributed by atoms with van der Waals surface area (Å²) < 4.78 is 27.8. The molecule has 2 aromatic rings. The number of ether oxygens (including phenoxy) is 1. The highest BCUT2D eigenvalue weighted by Gasteiger charge is 2.27. The van der Waals surface area contributed by atoms with Crippen LogP contribution < -0.4 is 11.1 Å². The van der Waals surface area contributed by atoms with E-state index < -0.39 is 61.9 Å². The molecule has 0 heterocycles. The van der Waals surface area contributed by atoms with Crippen LogP contribution in [-0.4, -0.2) is 82.9 Å². The van der Waals surface area contributed by atoms with Crippen molar-refractivity contribution in [3.8, 4) is 5.75 Å². The van der Waals surface area contributed by atoms with E-state index >= 15 is 0 Å². The lowest BCUT2D eigenvalue weighted by Crippen LogP contribution is -2.45. The van der Waals surface area contributed by atoms with Crippen LogP contribution in [0.4, 0.5) is 0 Å². The number of halogens is 2. The van der Waals surface area contributed by atoms with Crippen LogP contribution in [0.2, 0.25) is 0 Å². The summed E-state index contributed by atoms with van der Waals surface area (Å²) in [5.74, 6) is -4.56. The van der Waals surface area contributed by atoms with Crippen molar-refractivity contribution in [1.82, 2.24) is 5.32 Å². The zero-order valence-electron chi connectivity index (χ0n) is 19.6. The molecule has 0 aromatic heterocycles. The number of carbonyl (C=O) groups is 4. The molecule has 38 heavy (non-hydrogen) atoms. The van der Waals surface area contributed by atoms with E-state index in [-0.39, 0.29) is 23.6 Å². The molecular formula is C22H24Cl2N2O11S. The van der Waals surface area contributed by atoms with Crippen LogP contribution >= 0.6 is 23.2 Å². The number of aromatic hydroxyl groups is 1. The van der Waals surface area contributed by atoms with E-state index in [1.54, 1.807) is 0 Å². The van der Waals surface area contributed by atoms with Gasteiger partial charge in [-0.15, -0.1) is 0 Å². The Morgan fingerprint density at radius 2 is 1.61 bits per heavy atom. The second kappa shape index (κ2) is 14.5. The Bertz CT molecular complexity index is 1270. The lowest BCUT2D eigenvalue weighted by molar-refractivity contribution is -0.144. The first-order valence-corrected chi connectivity index (χ1v) is 13.1. The van der Waals surface area contributed by atoms with Gasteiger partial charge < -0.3 is 36.2 Å². The van der Waals surface area contributed by atoms with Gasteiger partial charge in [-0.05, 0) is 35.9 Å². The van der Waals surface area contributed by atoms with Crippen molar-refractivity contribution in [2.45, 2.75) is 21.9 Å². The van der Waals surface area contributed by atoms with Gasteiger partial charge in [-0.3, -0.25) is 9.59 Å². The number of hydrogen-bond donors (Lipinski definition) is 6. The summed E-state index contributed by atoms with van der Waals surface area (Å²) in [5, 5.41) is 38.8. The summed E-state index contributed by atoms with van der Waals surface area (Å²) in [4.78, 5) is 42.4. The summed E-state index contributed by atoms with van der Waals surface area (Å²) in [5.41, 5.74) is 4.83. The van der Waals surface area contributed by atoms with Crippen LogP contribution in [0.25, 0.3) is 0 Å². The van der Waals surface area contributed by atoms with E-state index in [2.05, 4.69) is 5.32 Å². The highest BCUT2D eigenvalue weighted by molar-refractivity contribution is 7.90. The predicted octanol–water partition coefficient (Wildman–Crippen LogP) is 0.703. The molecule has 0 spiro atoms. The third-order valence-corrected chi connectivity index (χ3v) is 6.15. The molecule has 0 saturated heterocycles. The average Bonchev–Trinajstić information content (AvgIpc) is 2.85. The van der Waals surface area contributed by atoms with Gasteiger partial charge in [0.15, 0.2) is 14.7 Å². The minimum Gasteiger partial charge on any atom is -0.507 e. The number of amides is 1. The minimum atomic E-state index is -3.39. The molecule has 0 aliphatic carbocycles. The quantitative estimate of drug-likeness (QED) is 0.165. The third kappa shape index (κ3) is 10.1. The number of aliphatic hydroxyl groups is 1. The number of carbonyl (C=O) groups excluding carboxylic acids is 2. The largest absolute Gasteiger partial charge is 0.507 e. The Balaban J connectivity index is 0.000000464. The minimum absolute atomic E-state index is 0.0696. The standard InChI is InChI=1S/C14H18Cl2N2O6S.C8H6O5/c1-25(22,23)9-4-2-8(3-5-9)12(20)10(7-24-11(19)6-17)18-14(21)13(15)16;9-6-2-1-4(7(10)11)3-5(6)8(12)13/h2-5,10,12-13,20H,6-7,17H2,1H3,(H,18,21);1-3,9H,(H,10,11)(H,12,13)/t10-,12-;/m1./s1. The molecule has 2 atom stereocenters. The molecule has 7 N–H and O–H groups in total. The van der Waals surface area contributed by atoms with Gasteiger partial charge in [0, 0.05) is 6.26 Å². The molecule has 2 aromatic carbocycles. The van der Waals surface area contributed by atoms with Crippen LogP contribution in [-0.2, 0) is 24.2 Å². The number of rotatable bonds is 10. The molecule has 13 nitrogen and oxygen atoms in total. The fourth-order valence-corrected chi connectivity index (χ4v) is 3.44. The fraction of sp³-hybridized carbons (Fsp3) is 0.273. The number of carboxylic acid groups (broad SMARTS) is 2. The lowest BCUT2D eigenvalue weighted by Gasteiger charge is -2.24. The van der Waals surface area contributed by atoms with Gasteiger partial charge in [0.2, 0.25) is 0 Å². The zero-order valence-corrected chi connectivity index (χ0v) is 21.9. The van der Waals surface area contributed by atoms with Crippen molar-refractivity contribution in [3.05, 3.63) is 59.2 Å². The second-order valence-corrected chi connectivity index (χ2v) is 10.5. The molecule has 16 heteroatoms. The number of nitrogens with two attached hydrogens (primary N) is 1. The fourth-order valence-electron chi connectivity index (χ4n) is 2.68. The highest BCUT2D eigenvalue weighted by Crippen LogP contribution is 2.21. The number of phenols is 1. The number of esters is 1. The summed E-state index contributed by atoms with van der Waals surface area (Å²) in [6.07, 6.45) is -0.260. The molecule has 208 valence electrons. The smallest absolute Gasteiger partial charge is 0.339 e. The molecule has 0 aliphatic heterocycles. The van der Waals surface area contributed by atoms with Crippen molar-refractivity contribution in [2.24, 2.45) is 5.73 Å². The number of carboxylic acids is 2. The Hall–Kier alpha value is -3.43. The molecule has 0 fully saturated rings. The normalized spacial score (nSPS) is 12.5. The monoisotopic (exact) mass is 594 g/mol.